The fourth-order valence-electron chi connectivity index (χ4n) is 2.48. The lowest BCUT2D eigenvalue weighted by Crippen LogP contribution is -2.04. The minimum absolute atomic E-state index is 0.0531. The number of rotatable bonds is 6. The Hall–Kier alpha value is -2.92. The second-order valence-electron chi connectivity index (χ2n) is 5.84. The van der Waals surface area contributed by atoms with Crippen LogP contribution < -0.4 is 4.74 Å². The summed E-state index contributed by atoms with van der Waals surface area (Å²) in [6, 6.07) is 17.3. The van der Waals surface area contributed by atoms with E-state index >= 15 is 0 Å². The van der Waals surface area contributed by atoms with Crippen molar-refractivity contribution in [3.63, 3.8) is 0 Å². The molecule has 0 saturated heterocycles. The van der Waals surface area contributed by atoms with Crippen molar-refractivity contribution < 1.29 is 18.7 Å². The zero-order chi connectivity index (χ0) is 19.2. The SMILES string of the molecule is COC(=O)Cc1ccc(-c2cccc(OCc3ccc(Cl)cc3F)n2)cc1. The van der Waals surface area contributed by atoms with Crippen molar-refractivity contribution in [1.29, 1.82) is 0 Å². The first-order valence-electron chi connectivity index (χ1n) is 8.25. The Morgan fingerprint density at radius 1 is 1.11 bits per heavy atom. The predicted octanol–water partition coefficient (Wildman–Crippen LogP) is 4.84. The fraction of sp³-hybridized carbons (Fsp3) is 0.143. The van der Waals surface area contributed by atoms with Gasteiger partial charge in [-0.1, -0.05) is 48.0 Å². The molecule has 27 heavy (non-hydrogen) atoms. The molecule has 0 aliphatic carbocycles. The lowest BCUT2D eigenvalue weighted by Gasteiger charge is -2.09. The third-order valence-corrected chi connectivity index (χ3v) is 4.18. The van der Waals surface area contributed by atoms with Crippen LogP contribution in [0.1, 0.15) is 11.1 Å². The van der Waals surface area contributed by atoms with Gasteiger partial charge < -0.3 is 9.47 Å². The molecule has 0 aliphatic heterocycles. The van der Waals surface area contributed by atoms with Gasteiger partial charge in [0.1, 0.15) is 12.4 Å². The summed E-state index contributed by atoms with van der Waals surface area (Å²) in [5, 5.41) is 0.340. The Balaban J connectivity index is 1.70. The van der Waals surface area contributed by atoms with Gasteiger partial charge >= 0.3 is 5.97 Å². The molecule has 3 aromatic rings. The van der Waals surface area contributed by atoms with Gasteiger partial charge in [-0.3, -0.25) is 4.79 Å². The van der Waals surface area contributed by atoms with Crippen LogP contribution in [0.25, 0.3) is 11.3 Å². The number of aromatic nitrogens is 1. The van der Waals surface area contributed by atoms with E-state index in [9.17, 15) is 9.18 Å². The number of benzene rings is 2. The number of esters is 1. The highest BCUT2D eigenvalue weighted by Gasteiger charge is 2.07. The van der Waals surface area contributed by atoms with E-state index in [-0.39, 0.29) is 19.0 Å². The molecule has 6 heteroatoms. The van der Waals surface area contributed by atoms with Crippen LogP contribution in [0.15, 0.2) is 60.7 Å². The number of methoxy groups -OCH3 is 1. The van der Waals surface area contributed by atoms with Gasteiger partial charge in [0.25, 0.3) is 0 Å². The maximum Gasteiger partial charge on any atom is 0.309 e. The molecule has 0 fully saturated rings. The molecule has 2 aromatic carbocycles. The molecule has 4 nitrogen and oxygen atoms in total. The monoisotopic (exact) mass is 385 g/mol. The summed E-state index contributed by atoms with van der Waals surface area (Å²) in [4.78, 5) is 15.8. The van der Waals surface area contributed by atoms with E-state index in [2.05, 4.69) is 9.72 Å². The first-order valence-corrected chi connectivity index (χ1v) is 8.63. The van der Waals surface area contributed by atoms with Crippen LogP contribution in [0.3, 0.4) is 0 Å². The molecule has 0 saturated carbocycles. The van der Waals surface area contributed by atoms with Crippen LogP contribution in [0.2, 0.25) is 5.02 Å². The Morgan fingerprint density at radius 3 is 2.59 bits per heavy atom. The van der Waals surface area contributed by atoms with E-state index in [4.69, 9.17) is 16.3 Å². The van der Waals surface area contributed by atoms with Crippen molar-refractivity contribution in [2.75, 3.05) is 7.11 Å². The number of ether oxygens (including phenoxy) is 2. The molecule has 0 atom stereocenters. The van der Waals surface area contributed by atoms with Crippen molar-refractivity contribution >= 4 is 17.6 Å². The molecule has 1 heterocycles. The second-order valence-corrected chi connectivity index (χ2v) is 6.27. The average molecular weight is 386 g/mol. The van der Waals surface area contributed by atoms with Crippen molar-refractivity contribution in [2.24, 2.45) is 0 Å². The maximum atomic E-state index is 13.8. The fourth-order valence-corrected chi connectivity index (χ4v) is 2.64. The summed E-state index contributed by atoms with van der Waals surface area (Å²) in [6.07, 6.45) is 0.222. The number of hydrogen-bond donors (Lipinski definition) is 0. The van der Waals surface area contributed by atoms with Gasteiger partial charge in [0.2, 0.25) is 5.88 Å². The average Bonchev–Trinajstić information content (AvgIpc) is 2.68. The summed E-state index contributed by atoms with van der Waals surface area (Å²) in [5.41, 5.74) is 2.86. The summed E-state index contributed by atoms with van der Waals surface area (Å²) in [7, 11) is 1.36. The highest BCUT2D eigenvalue weighted by atomic mass is 35.5. The number of pyridine rings is 1. The first kappa shape index (κ1) is 18.9. The zero-order valence-corrected chi connectivity index (χ0v) is 15.4. The molecule has 0 bridgehead atoms. The van der Waals surface area contributed by atoms with Crippen LogP contribution in [0.4, 0.5) is 4.39 Å². The third-order valence-electron chi connectivity index (χ3n) is 3.94. The zero-order valence-electron chi connectivity index (χ0n) is 14.6. The molecule has 0 radical (unpaired) electrons. The molecule has 0 amide bonds. The number of hydrogen-bond acceptors (Lipinski definition) is 4. The van der Waals surface area contributed by atoms with E-state index in [1.54, 1.807) is 18.2 Å². The number of halogens is 2. The lowest BCUT2D eigenvalue weighted by molar-refractivity contribution is -0.139. The molecule has 1 aromatic heterocycles. The number of carbonyl (C=O) groups excluding carboxylic acids is 1. The molecule has 0 N–H and O–H groups in total. The highest BCUT2D eigenvalue weighted by Crippen LogP contribution is 2.22. The topological polar surface area (TPSA) is 48.4 Å². The largest absolute Gasteiger partial charge is 0.473 e. The summed E-state index contributed by atoms with van der Waals surface area (Å²) >= 11 is 5.75. The molecule has 0 spiro atoms. The van der Waals surface area contributed by atoms with Crippen molar-refractivity contribution in [1.82, 2.24) is 4.98 Å². The summed E-state index contributed by atoms with van der Waals surface area (Å²) in [6.45, 7) is 0.0531. The first-order chi connectivity index (χ1) is 13.0. The highest BCUT2D eigenvalue weighted by molar-refractivity contribution is 6.30. The molecule has 3 rings (SSSR count). The van der Waals surface area contributed by atoms with Crippen molar-refractivity contribution in [3.8, 4) is 17.1 Å². The minimum atomic E-state index is -0.417. The van der Waals surface area contributed by atoms with E-state index < -0.39 is 5.82 Å². The van der Waals surface area contributed by atoms with Gasteiger partial charge in [-0.15, -0.1) is 0 Å². The Bertz CT molecular complexity index is 944. The van der Waals surface area contributed by atoms with Crippen LogP contribution in [0.5, 0.6) is 5.88 Å². The lowest BCUT2D eigenvalue weighted by atomic mass is 10.1. The van der Waals surface area contributed by atoms with Crippen LogP contribution in [-0.4, -0.2) is 18.1 Å². The molecule has 0 unspecified atom stereocenters. The van der Waals surface area contributed by atoms with Gasteiger partial charge in [0.05, 0.1) is 19.2 Å². The van der Waals surface area contributed by atoms with Gasteiger partial charge in [-0.25, -0.2) is 9.37 Å². The predicted molar refractivity (Wildman–Crippen MR) is 101 cm³/mol. The summed E-state index contributed by atoms with van der Waals surface area (Å²) in [5.74, 6) is -0.314. The smallest absolute Gasteiger partial charge is 0.309 e. The molecule has 0 aliphatic rings. The number of carbonyl (C=O) groups is 1. The second kappa shape index (κ2) is 8.64. The Kier molecular flexibility index (Phi) is 6.04. The third kappa shape index (κ3) is 5.05. The van der Waals surface area contributed by atoms with E-state index in [1.807, 2.05) is 36.4 Å². The van der Waals surface area contributed by atoms with Crippen molar-refractivity contribution in [3.05, 3.63) is 82.6 Å². The molecule has 138 valence electrons. The standard InChI is InChI=1S/C21H17ClFNO3/c1-26-21(25)11-14-5-7-15(8-6-14)19-3-2-4-20(24-19)27-13-16-9-10-17(22)12-18(16)23/h2-10,12H,11,13H2,1H3. The van der Waals surface area contributed by atoms with E-state index in [0.717, 1.165) is 11.1 Å². The van der Waals surface area contributed by atoms with E-state index in [1.165, 1.54) is 13.2 Å². The minimum Gasteiger partial charge on any atom is -0.473 e. The Labute approximate surface area is 161 Å². The summed E-state index contributed by atoms with van der Waals surface area (Å²) < 4.78 is 24.1. The van der Waals surface area contributed by atoms with Gasteiger partial charge in [-0.2, -0.15) is 0 Å². The van der Waals surface area contributed by atoms with Gasteiger partial charge in [0, 0.05) is 22.2 Å². The quantitative estimate of drug-likeness (QED) is 0.570. The molecular weight excluding hydrogens is 369 g/mol. The number of nitrogens with zero attached hydrogens (tertiary/aromatic N) is 1. The normalized spacial score (nSPS) is 10.5. The van der Waals surface area contributed by atoms with E-state index in [0.29, 0.717) is 22.2 Å². The maximum absolute atomic E-state index is 13.8. The van der Waals surface area contributed by atoms with Crippen LogP contribution >= 0.6 is 11.6 Å². The Morgan fingerprint density at radius 2 is 1.89 bits per heavy atom. The van der Waals surface area contributed by atoms with Gasteiger partial charge in [-0.05, 0) is 23.8 Å². The van der Waals surface area contributed by atoms with Gasteiger partial charge in [0.15, 0.2) is 0 Å². The van der Waals surface area contributed by atoms with Crippen molar-refractivity contribution in [2.45, 2.75) is 13.0 Å². The van der Waals surface area contributed by atoms with Crippen LogP contribution in [-0.2, 0) is 22.6 Å². The van der Waals surface area contributed by atoms with Crippen LogP contribution in [0, 0.1) is 5.82 Å². The molecular formula is C21H17ClFNO3.